The van der Waals surface area contributed by atoms with Crippen LogP contribution in [-0.2, 0) is 6.54 Å². The van der Waals surface area contributed by atoms with Crippen LogP contribution in [0.15, 0.2) is 24.5 Å². The standard InChI is InChI=1S/C11H18N2S/c1-10(14-2)3-6-13-9-11-4-7-12-8-5-11/h4-5,7-8,10,13H,3,6,9H2,1-2H3. The fourth-order valence-electron chi connectivity index (χ4n) is 1.16. The maximum Gasteiger partial charge on any atom is 0.0271 e. The van der Waals surface area contributed by atoms with Gasteiger partial charge in [-0.05, 0) is 36.9 Å². The second-order valence-electron chi connectivity index (χ2n) is 3.37. The normalized spacial score (nSPS) is 12.7. The van der Waals surface area contributed by atoms with E-state index in [2.05, 4.69) is 23.5 Å². The predicted molar refractivity (Wildman–Crippen MR) is 63.5 cm³/mol. The van der Waals surface area contributed by atoms with Gasteiger partial charge in [0.15, 0.2) is 0 Å². The molecule has 0 spiro atoms. The number of thioether (sulfide) groups is 1. The molecule has 3 heteroatoms. The van der Waals surface area contributed by atoms with Gasteiger partial charge < -0.3 is 5.32 Å². The van der Waals surface area contributed by atoms with E-state index in [0.717, 1.165) is 18.3 Å². The highest BCUT2D eigenvalue weighted by Crippen LogP contribution is 2.08. The van der Waals surface area contributed by atoms with Gasteiger partial charge in [0.2, 0.25) is 0 Å². The third-order valence-electron chi connectivity index (χ3n) is 2.21. The smallest absolute Gasteiger partial charge is 0.0271 e. The molecule has 1 rings (SSSR count). The first kappa shape index (κ1) is 11.5. The van der Waals surface area contributed by atoms with Crippen LogP contribution >= 0.6 is 11.8 Å². The first-order valence-electron chi connectivity index (χ1n) is 4.95. The highest BCUT2D eigenvalue weighted by atomic mass is 32.2. The number of rotatable bonds is 6. The van der Waals surface area contributed by atoms with Gasteiger partial charge in [0.1, 0.15) is 0 Å². The molecule has 0 fully saturated rings. The molecule has 1 aromatic rings. The highest BCUT2D eigenvalue weighted by molar-refractivity contribution is 7.99. The average Bonchev–Trinajstić information content (AvgIpc) is 2.25. The number of nitrogens with one attached hydrogen (secondary N) is 1. The van der Waals surface area contributed by atoms with Crippen molar-refractivity contribution in [2.24, 2.45) is 0 Å². The predicted octanol–water partition coefficient (Wildman–Crippen LogP) is 2.31. The molecular weight excluding hydrogens is 192 g/mol. The Morgan fingerprint density at radius 3 is 2.79 bits per heavy atom. The summed E-state index contributed by atoms with van der Waals surface area (Å²) in [5, 5.41) is 4.18. The van der Waals surface area contributed by atoms with E-state index >= 15 is 0 Å². The van der Waals surface area contributed by atoms with Crippen molar-refractivity contribution in [2.75, 3.05) is 12.8 Å². The van der Waals surface area contributed by atoms with Crippen molar-refractivity contribution < 1.29 is 0 Å². The van der Waals surface area contributed by atoms with Crippen LogP contribution in [0.5, 0.6) is 0 Å². The lowest BCUT2D eigenvalue weighted by Crippen LogP contribution is -2.17. The molecule has 0 saturated heterocycles. The van der Waals surface area contributed by atoms with E-state index in [1.54, 1.807) is 0 Å². The zero-order valence-corrected chi connectivity index (χ0v) is 9.68. The van der Waals surface area contributed by atoms with E-state index in [4.69, 9.17) is 0 Å². The molecule has 14 heavy (non-hydrogen) atoms. The van der Waals surface area contributed by atoms with Crippen LogP contribution in [0.3, 0.4) is 0 Å². The fourth-order valence-corrected chi connectivity index (χ4v) is 1.51. The molecule has 0 aliphatic rings. The molecule has 0 amide bonds. The molecule has 0 bridgehead atoms. The van der Waals surface area contributed by atoms with Crippen LogP contribution in [0, 0.1) is 0 Å². The Morgan fingerprint density at radius 2 is 2.14 bits per heavy atom. The SMILES string of the molecule is CSC(C)CCNCc1ccncc1. The number of aromatic nitrogens is 1. The topological polar surface area (TPSA) is 24.9 Å². The van der Waals surface area contributed by atoms with Gasteiger partial charge in [-0.1, -0.05) is 6.92 Å². The summed E-state index contributed by atoms with van der Waals surface area (Å²) >= 11 is 1.92. The quantitative estimate of drug-likeness (QED) is 0.729. The Kier molecular flexibility index (Phi) is 5.64. The van der Waals surface area contributed by atoms with E-state index in [9.17, 15) is 0 Å². The van der Waals surface area contributed by atoms with Gasteiger partial charge in [0, 0.05) is 24.2 Å². The summed E-state index contributed by atoms with van der Waals surface area (Å²) in [5.74, 6) is 0. The third kappa shape index (κ3) is 4.63. The molecule has 1 unspecified atom stereocenters. The number of pyridine rings is 1. The molecule has 0 aromatic carbocycles. The zero-order valence-electron chi connectivity index (χ0n) is 8.86. The Hall–Kier alpha value is -0.540. The van der Waals surface area contributed by atoms with Crippen molar-refractivity contribution in [3.05, 3.63) is 30.1 Å². The first-order valence-corrected chi connectivity index (χ1v) is 6.24. The van der Waals surface area contributed by atoms with Crippen LogP contribution in [0.2, 0.25) is 0 Å². The Morgan fingerprint density at radius 1 is 1.43 bits per heavy atom. The van der Waals surface area contributed by atoms with Gasteiger partial charge in [-0.3, -0.25) is 4.98 Å². The van der Waals surface area contributed by atoms with Crippen LogP contribution in [-0.4, -0.2) is 23.0 Å². The molecule has 1 atom stereocenters. The van der Waals surface area contributed by atoms with Crippen molar-refractivity contribution in [3.8, 4) is 0 Å². The number of hydrogen-bond acceptors (Lipinski definition) is 3. The maximum atomic E-state index is 3.98. The summed E-state index contributed by atoms with van der Waals surface area (Å²) < 4.78 is 0. The maximum absolute atomic E-state index is 3.98. The monoisotopic (exact) mass is 210 g/mol. The summed E-state index contributed by atoms with van der Waals surface area (Å²) in [6, 6.07) is 4.09. The minimum atomic E-state index is 0.750. The summed E-state index contributed by atoms with van der Waals surface area (Å²) in [5.41, 5.74) is 1.30. The molecule has 1 aromatic heterocycles. The Balaban J connectivity index is 2.10. The minimum absolute atomic E-state index is 0.750. The van der Waals surface area contributed by atoms with Crippen molar-refractivity contribution in [1.82, 2.24) is 10.3 Å². The summed E-state index contributed by atoms with van der Waals surface area (Å²) in [4.78, 5) is 3.98. The Labute approximate surface area is 90.5 Å². The number of nitrogens with zero attached hydrogens (tertiary/aromatic N) is 1. The molecule has 1 heterocycles. The summed E-state index contributed by atoms with van der Waals surface area (Å²) in [6.45, 7) is 4.30. The summed E-state index contributed by atoms with van der Waals surface area (Å²) in [7, 11) is 0. The molecule has 0 saturated carbocycles. The average molecular weight is 210 g/mol. The van der Waals surface area contributed by atoms with Crippen LogP contribution < -0.4 is 5.32 Å². The highest BCUT2D eigenvalue weighted by Gasteiger charge is 1.97. The Bertz CT molecular complexity index is 238. The number of hydrogen-bond donors (Lipinski definition) is 1. The second kappa shape index (κ2) is 6.85. The van der Waals surface area contributed by atoms with Gasteiger partial charge in [0.25, 0.3) is 0 Å². The lowest BCUT2D eigenvalue weighted by molar-refractivity contribution is 0.647. The molecular formula is C11H18N2S. The van der Waals surface area contributed by atoms with Crippen molar-refractivity contribution in [2.45, 2.75) is 25.1 Å². The zero-order chi connectivity index (χ0) is 10.2. The van der Waals surface area contributed by atoms with Crippen LogP contribution in [0.4, 0.5) is 0 Å². The van der Waals surface area contributed by atoms with Crippen molar-refractivity contribution in [1.29, 1.82) is 0 Å². The van der Waals surface area contributed by atoms with Crippen LogP contribution in [0.25, 0.3) is 0 Å². The molecule has 78 valence electrons. The lowest BCUT2D eigenvalue weighted by atomic mass is 10.2. The van der Waals surface area contributed by atoms with E-state index in [-0.39, 0.29) is 0 Å². The minimum Gasteiger partial charge on any atom is -0.313 e. The van der Waals surface area contributed by atoms with Gasteiger partial charge in [-0.25, -0.2) is 0 Å². The molecule has 0 aliphatic heterocycles. The van der Waals surface area contributed by atoms with Crippen molar-refractivity contribution in [3.63, 3.8) is 0 Å². The lowest BCUT2D eigenvalue weighted by Gasteiger charge is -2.08. The van der Waals surface area contributed by atoms with E-state index in [1.807, 2.05) is 36.3 Å². The fraction of sp³-hybridized carbons (Fsp3) is 0.545. The largest absolute Gasteiger partial charge is 0.313 e. The van der Waals surface area contributed by atoms with Crippen molar-refractivity contribution >= 4 is 11.8 Å². The molecule has 2 nitrogen and oxygen atoms in total. The van der Waals surface area contributed by atoms with E-state index < -0.39 is 0 Å². The third-order valence-corrected chi connectivity index (χ3v) is 3.25. The van der Waals surface area contributed by atoms with Gasteiger partial charge >= 0.3 is 0 Å². The van der Waals surface area contributed by atoms with Gasteiger partial charge in [0.05, 0.1) is 0 Å². The summed E-state index contributed by atoms with van der Waals surface area (Å²) in [6.07, 6.45) is 7.06. The second-order valence-corrected chi connectivity index (χ2v) is 4.64. The first-order chi connectivity index (χ1) is 6.83. The molecule has 1 N–H and O–H groups in total. The van der Waals surface area contributed by atoms with E-state index in [1.165, 1.54) is 12.0 Å². The molecule has 0 aliphatic carbocycles. The molecule has 0 radical (unpaired) electrons. The van der Waals surface area contributed by atoms with Crippen LogP contribution in [0.1, 0.15) is 18.9 Å². The van der Waals surface area contributed by atoms with E-state index in [0.29, 0.717) is 0 Å². The van der Waals surface area contributed by atoms with Gasteiger partial charge in [-0.15, -0.1) is 0 Å². The van der Waals surface area contributed by atoms with Gasteiger partial charge in [-0.2, -0.15) is 11.8 Å².